The molecule has 0 saturated carbocycles. The summed E-state index contributed by atoms with van der Waals surface area (Å²) < 4.78 is 5.94. The molecule has 7 nitrogen and oxygen atoms in total. The van der Waals surface area contributed by atoms with Gasteiger partial charge >= 0.3 is 0 Å². The Morgan fingerprint density at radius 2 is 2.20 bits per heavy atom. The molecular weight excluding hydrogens is 260 g/mol. The van der Waals surface area contributed by atoms with Gasteiger partial charge in [-0.2, -0.15) is 0 Å². The number of rotatable bonds is 2. The van der Waals surface area contributed by atoms with Crippen molar-refractivity contribution in [3.8, 4) is 0 Å². The Bertz CT molecular complexity index is 836. The van der Waals surface area contributed by atoms with Gasteiger partial charge in [-0.1, -0.05) is 11.2 Å². The number of carbonyl (C=O) groups excluding carboxylic acids is 1. The number of hydrogen-bond acceptors (Lipinski definition) is 5. The van der Waals surface area contributed by atoms with Gasteiger partial charge in [0.1, 0.15) is 17.5 Å². The molecule has 0 bridgehead atoms. The van der Waals surface area contributed by atoms with Crippen molar-refractivity contribution < 1.29 is 9.32 Å². The maximum absolute atomic E-state index is 12.3. The molecule has 0 radical (unpaired) electrons. The first-order valence-corrected chi connectivity index (χ1v) is 5.85. The van der Waals surface area contributed by atoms with Gasteiger partial charge in [-0.15, -0.1) is 0 Å². The molecule has 0 unspecified atom stereocenters. The fourth-order valence-corrected chi connectivity index (χ4v) is 1.80. The largest absolute Gasteiger partial charge is 0.363 e. The molecule has 3 rings (SSSR count). The number of nitrogens with zero attached hydrogens (tertiary/aromatic N) is 3. The van der Waals surface area contributed by atoms with Crippen LogP contribution >= 0.6 is 0 Å². The van der Waals surface area contributed by atoms with Gasteiger partial charge in [0, 0.05) is 18.5 Å². The van der Waals surface area contributed by atoms with Crippen LogP contribution in [0.25, 0.3) is 5.65 Å². The van der Waals surface area contributed by atoms with Gasteiger partial charge in [-0.05, 0) is 18.6 Å². The number of nitrogens with one attached hydrogen (secondary N) is 1. The molecule has 20 heavy (non-hydrogen) atoms. The van der Waals surface area contributed by atoms with E-state index in [1.54, 1.807) is 12.3 Å². The van der Waals surface area contributed by atoms with Gasteiger partial charge in [0.25, 0.3) is 11.5 Å². The number of aromatic nitrogens is 3. The third-order valence-electron chi connectivity index (χ3n) is 2.77. The Kier molecular flexibility index (Phi) is 2.79. The predicted molar refractivity (Wildman–Crippen MR) is 70.7 cm³/mol. The van der Waals surface area contributed by atoms with Crippen LogP contribution in [0, 0.1) is 6.92 Å². The molecule has 3 heterocycles. The fraction of sp³-hybridized carbons (Fsp3) is 0.0769. The topological polar surface area (TPSA) is 89.5 Å². The highest BCUT2D eigenvalue weighted by Crippen LogP contribution is 2.05. The van der Waals surface area contributed by atoms with Gasteiger partial charge in [-0.25, -0.2) is 4.98 Å². The quantitative estimate of drug-likeness (QED) is 0.756. The molecule has 0 aliphatic carbocycles. The monoisotopic (exact) mass is 270 g/mol. The van der Waals surface area contributed by atoms with Gasteiger partial charge < -0.3 is 9.84 Å². The molecule has 0 fully saturated rings. The summed E-state index contributed by atoms with van der Waals surface area (Å²) in [6.45, 7) is 1.86. The summed E-state index contributed by atoms with van der Waals surface area (Å²) in [6.07, 6.45) is 4.21. The molecule has 0 atom stereocenters. The summed E-state index contributed by atoms with van der Waals surface area (Å²) in [7, 11) is 0. The van der Waals surface area contributed by atoms with E-state index >= 15 is 0 Å². The first kappa shape index (κ1) is 12.1. The van der Waals surface area contributed by atoms with E-state index in [0.29, 0.717) is 5.65 Å². The Hall–Kier alpha value is -2.96. The van der Waals surface area contributed by atoms with E-state index in [2.05, 4.69) is 20.0 Å². The molecule has 7 heteroatoms. The lowest BCUT2D eigenvalue weighted by Gasteiger charge is -2.04. The van der Waals surface area contributed by atoms with Crippen LogP contribution in [-0.4, -0.2) is 20.4 Å². The molecule has 100 valence electrons. The summed E-state index contributed by atoms with van der Waals surface area (Å²) in [5.74, 6) is -0.337. The van der Waals surface area contributed by atoms with Crippen LogP contribution in [0.4, 0.5) is 5.82 Å². The third kappa shape index (κ3) is 2.05. The zero-order valence-corrected chi connectivity index (χ0v) is 10.5. The predicted octanol–water partition coefficient (Wildman–Crippen LogP) is 1.24. The van der Waals surface area contributed by atoms with Crippen molar-refractivity contribution in [3.05, 3.63) is 58.3 Å². The number of pyridine rings is 1. The van der Waals surface area contributed by atoms with E-state index in [-0.39, 0.29) is 11.4 Å². The Morgan fingerprint density at radius 3 is 2.95 bits per heavy atom. The zero-order chi connectivity index (χ0) is 14.1. The van der Waals surface area contributed by atoms with Crippen LogP contribution in [-0.2, 0) is 0 Å². The van der Waals surface area contributed by atoms with Crippen molar-refractivity contribution >= 4 is 17.4 Å². The minimum absolute atomic E-state index is 0.0592. The standard InChI is InChI=1S/C13H10N4O3/c1-8-2-3-11-14-6-9(13(19)17(11)7-8)12(18)15-10-4-5-20-16-10/h2-7H,1H3,(H,15,16,18). The van der Waals surface area contributed by atoms with E-state index in [9.17, 15) is 9.59 Å². The van der Waals surface area contributed by atoms with E-state index in [1.165, 1.54) is 22.9 Å². The molecule has 0 aliphatic rings. The number of aryl methyl sites for hydroxylation is 1. The number of carbonyl (C=O) groups is 1. The first-order valence-electron chi connectivity index (χ1n) is 5.85. The molecule has 0 saturated heterocycles. The third-order valence-corrected chi connectivity index (χ3v) is 2.77. The maximum atomic E-state index is 12.3. The van der Waals surface area contributed by atoms with Crippen molar-refractivity contribution in [2.45, 2.75) is 6.92 Å². The highest BCUT2D eigenvalue weighted by atomic mass is 16.5. The normalized spacial score (nSPS) is 10.7. The lowest BCUT2D eigenvalue weighted by atomic mass is 10.2. The molecule has 3 aromatic rings. The highest BCUT2D eigenvalue weighted by Gasteiger charge is 2.14. The van der Waals surface area contributed by atoms with Gasteiger partial charge in [0.2, 0.25) is 0 Å². The van der Waals surface area contributed by atoms with Crippen LogP contribution in [0.2, 0.25) is 0 Å². The average Bonchev–Trinajstić information content (AvgIpc) is 2.92. The summed E-state index contributed by atoms with van der Waals surface area (Å²) in [4.78, 5) is 28.4. The fourth-order valence-electron chi connectivity index (χ4n) is 1.80. The molecule has 0 aromatic carbocycles. The maximum Gasteiger partial charge on any atom is 0.270 e. The molecule has 3 aromatic heterocycles. The van der Waals surface area contributed by atoms with Crippen LogP contribution in [0.5, 0.6) is 0 Å². The second-order valence-corrected chi connectivity index (χ2v) is 4.25. The second-order valence-electron chi connectivity index (χ2n) is 4.25. The second kappa shape index (κ2) is 4.61. The van der Waals surface area contributed by atoms with E-state index in [0.717, 1.165) is 5.56 Å². The lowest BCUT2D eigenvalue weighted by Crippen LogP contribution is -2.26. The smallest absolute Gasteiger partial charge is 0.270 e. The van der Waals surface area contributed by atoms with Crippen molar-refractivity contribution in [2.24, 2.45) is 0 Å². The first-order chi connectivity index (χ1) is 9.65. The van der Waals surface area contributed by atoms with Crippen LogP contribution in [0.3, 0.4) is 0 Å². The number of fused-ring (bicyclic) bond motifs is 1. The van der Waals surface area contributed by atoms with E-state index in [4.69, 9.17) is 0 Å². The molecule has 0 aliphatic heterocycles. The van der Waals surface area contributed by atoms with Crippen LogP contribution in [0.15, 0.2) is 46.2 Å². The van der Waals surface area contributed by atoms with Gasteiger partial charge in [0.05, 0.1) is 0 Å². The molecule has 0 spiro atoms. The molecule has 1 N–H and O–H groups in total. The minimum Gasteiger partial charge on any atom is -0.363 e. The SMILES string of the molecule is Cc1ccc2ncc(C(=O)Nc3ccon3)c(=O)n2c1. The van der Waals surface area contributed by atoms with Crippen LogP contribution in [0.1, 0.15) is 15.9 Å². The van der Waals surface area contributed by atoms with Crippen molar-refractivity contribution in [2.75, 3.05) is 5.32 Å². The van der Waals surface area contributed by atoms with Gasteiger partial charge in [-0.3, -0.25) is 14.0 Å². The van der Waals surface area contributed by atoms with Crippen molar-refractivity contribution in [1.29, 1.82) is 0 Å². The summed E-state index contributed by atoms with van der Waals surface area (Å²) >= 11 is 0. The zero-order valence-electron chi connectivity index (χ0n) is 10.5. The van der Waals surface area contributed by atoms with Gasteiger partial charge in [0.15, 0.2) is 5.82 Å². The van der Waals surface area contributed by atoms with Crippen molar-refractivity contribution in [1.82, 2.24) is 14.5 Å². The number of anilines is 1. The summed E-state index contributed by atoms with van der Waals surface area (Å²) in [6, 6.07) is 5.04. The van der Waals surface area contributed by atoms with Crippen LogP contribution < -0.4 is 10.9 Å². The average molecular weight is 270 g/mol. The summed E-state index contributed by atoms with van der Waals surface area (Å²) in [5, 5.41) is 6.01. The minimum atomic E-state index is -0.577. The Morgan fingerprint density at radius 1 is 1.35 bits per heavy atom. The van der Waals surface area contributed by atoms with E-state index in [1.807, 2.05) is 13.0 Å². The highest BCUT2D eigenvalue weighted by molar-refractivity contribution is 6.03. The Labute approximate surface area is 112 Å². The number of amides is 1. The molecule has 1 amide bonds. The van der Waals surface area contributed by atoms with E-state index < -0.39 is 11.5 Å². The lowest BCUT2D eigenvalue weighted by molar-refractivity contribution is 0.102. The Balaban J connectivity index is 2.06. The van der Waals surface area contributed by atoms with Crippen molar-refractivity contribution in [3.63, 3.8) is 0 Å². The molecular formula is C13H10N4O3. The summed E-state index contributed by atoms with van der Waals surface area (Å²) in [5.41, 5.74) is 0.893. The number of hydrogen-bond donors (Lipinski definition) is 1.